The summed E-state index contributed by atoms with van der Waals surface area (Å²) in [6, 6.07) is 6.22. The van der Waals surface area contributed by atoms with Crippen molar-refractivity contribution in [3.63, 3.8) is 0 Å². The molecule has 0 saturated carbocycles. The number of ether oxygens (including phenoxy) is 1. The van der Waals surface area contributed by atoms with Gasteiger partial charge in [-0.1, -0.05) is 18.3 Å². The van der Waals surface area contributed by atoms with Gasteiger partial charge in [-0.3, -0.25) is 14.5 Å². The van der Waals surface area contributed by atoms with Gasteiger partial charge >= 0.3 is 5.97 Å². The molecule has 0 aliphatic rings. The maximum absolute atomic E-state index is 11.8. The first kappa shape index (κ1) is 15.2. The van der Waals surface area contributed by atoms with E-state index in [1.807, 2.05) is 17.5 Å². The maximum atomic E-state index is 11.8. The summed E-state index contributed by atoms with van der Waals surface area (Å²) >= 11 is 1.27. The molecule has 0 N–H and O–H groups in total. The van der Waals surface area contributed by atoms with Crippen molar-refractivity contribution in [2.75, 3.05) is 7.11 Å². The third-order valence-electron chi connectivity index (χ3n) is 3.50. The van der Waals surface area contributed by atoms with Crippen LogP contribution in [0.15, 0.2) is 30.5 Å². The lowest BCUT2D eigenvalue weighted by Gasteiger charge is -2.00. The predicted molar refractivity (Wildman–Crippen MR) is 85.9 cm³/mol. The highest BCUT2D eigenvalue weighted by Crippen LogP contribution is 2.29. The van der Waals surface area contributed by atoms with Crippen LogP contribution < -0.4 is 0 Å². The number of methoxy groups -OCH3 is 1. The summed E-state index contributed by atoms with van der Waals surface area (Å²) < 4.78 is 6.66. The zero-order chi connectivity index (χ0) is 16.6. The summed E-state index contributed by atoms with van der Waals surface area (Å²) in [5.41, 5.74) is 2.37. The van der Waals surface area contributed by atoms with Gasteiger partial charge in [0.2, 0.25) is 0 Å². The monoisotopic (exact) mass is 331 g/mol. The number of imidazole rings is 1. The molecule has 8 heteroatoms. The number of esters is 1. The Bertz CT molecular complexity index is 895. The Hall–Kier alpha value is -2.74. The summed E-state index contributed by atoms with van der Waals surface area (Å²) in [6.07, 6.45) is 2.50. The molecule has 3 aromatic rings. The van der Waals surface area contributed by atoms with Gasteiger partial charge in [-0.2, -0.15) is 0 Å². The van der Waals surface area contributed by atoms with E-state index in [1.165, 1.54) is 30.6 Å². The summed E-state index contributed by atoms with van der Waals surface area (Å²) in [5, 5.41) is 10.7. The summed E-state index contributed by atoms with van der Waals surface area (Å²) in [4.78, 5) is 27.8. The smallest absolute Gasteiger partial charge is 0.349 e. The van der Waals surface area contributed by atoms with Crippen LogP contribution in [0.2, 0.25) is 0 Å². The van der Waals surface area contributed by atoms with Crippen LogP contribution in [0.4, 0.5) is 5.69 Å². The van der Waals surface area contributed by atoms with Crippen LogP contribution in [-0.2, 0) is 11.2 Å². The Labute approximate surface area is 135 Å². The van der Waals surface area contributed by atoms with Gasteiger partial charge in [-0.15, -0.1) is 0 Å². The van der Waals surface area contributed by atoms with Crippen molar-refractivity contribution in [3.8, 4) is 11.3 Å². The van der Waals surface area contributed by atoms with Gasteiger partial charge in [0.15, 0.2) is 4.96 Å². The number of thiazole rings is 1. The van der Waals surface area contributed by atoms with Crippen LogP contribution in [0.1, 0.15) is 22.3 Å². The number of fused-ring (bicyclic) bond motifs is 1. The van der Waals surface area contributed by atoms with Gasteiger partial charge in [0, 0.05) is 29.6 Å². The molecule has 23 heavy (non-hydrogen) atoms. The topological polar surface area (TPSA) is 86.7 Å². The Morgan fingerprint density at radius 1 is 1.39 bits per heavy atom. The number of nitro groups is 1. The molecule has 0 amide bonds. The summed E-state index contributed by atoms with van der Waals surface area (Å²) in [5.74, 6) is -0.366. The van der Waals surface area contributed by atoms with E-state index in [2.05, 4.69) is 4.98 Å². The third-order valence-corrected chi connectivity index (χ3v) is 4.58. The number of non-ortho nitro benzene ring substituents is 1. The van der Waals surface area contributed by atoms with Crippen molar-refractivity contribution >= 4 is 28.0 Å². The van der Waals surface area contributed by atoms with Crippen LogP contribution in [0.3, 0.4) is 0 Å². The Morgan fingerprint density at radius 3 is 2.65 bits per heavy atom. The molecule has 0 bridgehead atoms. The van der Waals surface area contributed by atoms with Gasteiger partial charge in [-0.25, -0.2) is 9.78 Å². The molecule has 0 unspecified atom stereocenters. The second-order valence-electron chi connectivity index (χ2n) is 4.81. The van der Waals surface area contributed by atoms with E-state index >= 15 is 0 Å². The number of hydrogen-bond acceptors (Lipinski definition) is 6. The van der Waals surface area contributed by atoms with Crippen molar-refractivity contribution < 1.29 is 14.5 Å². The molecule has 0 fully saturated rings. The number of aryl methyl sites for hydroxylation is 1. The normalized spacial score (nSPS) is 10.9. The molecule has 0 aliphatic carbocycles. The quantitative estimate of drug-likeness (QED) is 0.416. The summed E-state index contributed by atoms with van der Waals surface area (Å²) in [7, 11) is 1.35. The number of rotatable bonds is 4. The molecule has 118 valence electrons. The van der Waals surface area contributed by atoms with E-state index in [0.717, 1.165) is 11.3 Å². The van der Waals surface area contributed by atoms with E-state index in [9.17, 15) is 14.9 Å². The number of nitro benzene ring substituents is 1. The number of carbonyl (C=O) groups excluding carboxylic acids is 1. The number of benzene rings is 1. The van der Waals surface area contributed by atoms with Crippen LogP contribution in [0.5, 0.6) is 0 Å². The third kappa shape index (κ3) is 2.57. The summed E-state index contributed by atoms with van der Waals surface area (Å²) in [6.45, 7) is 1.96. The van der Waals surface area contributed by atoms with Crippen molar-refractivity contribution in [3.05, 3.63) is 51.1 Å². The van der Waals surface area contributed by atoms with Gasteiger partial charge in [0.1, 0.15) is 4.88 Å². The molecule has 2 aromatic heterocycles. The molecule has 0 saturated heterocycles. The molecule has 2 heterocycles. The molecule has 1 aromatic carbocycles. The molecular formula is C15H13N3O4S. The minimum Gasteiger partial charge on any atom is -0.465 e. The zero-order valence-corrected chi connectivity index (χ0v) is 13.3. The largest absolute Gasteiger partial charge is 0.465 e. The van der Waals surface area contributed by atoms with Crippen LogP contribution in [0.25, 0.3) is 16.2 Å². The molecule has 0 radical (unpaired) electrons. The Morgan fingerprint density at radius 2 is 2.09 bits per heavy atom. The SMILES string of the molecule is CCc1c(C(=O)OC)sc2nc(-c3ccc([N+](=O)[O-])cc3)cn12. The first-order valence-corrected chi connectivity index (χ1v) is 7.70. The van der Waals surface area contributed by atoms with Crippen molar-refractivity contribution in [2.45, 2.75) is 13.3 Å². The Kier molecular flexibility index (Phi) is 3.83. The predicted octanol–water partition coefficient (Wildman–Crippen LogP) is 3.32. The standard InChI is InChI=1S/C15H13N3O4S/c1-3-12-13(14(19)22-2)23-15-16-11(8-17(12)15)9-4-6-10(7-5-9)18(20)21/h4-8H,3H2,1-2H3. The van der Waals surface area contributed by atoms with Crippen molar-refractivity contribution in [1.82, 2.24) is 9.38 Å². The maximum Gasteiger partial charge on any atom is 0.349 e. The van der Waals surface area contributed by atoms with Gasteiger partial charge in [0.05, 0.1) is 17.7 Å². The van der Waals surface area contributed by atoms with Crippen LogP contribution >= 0.6 is 11.3 Å². The second kappa shape index (κ2) is 5.81. The second-order valence-corrected chi connectivity index (χ2v) is 5.78. The van der Waals surface area contributed by atoms with E-state index in [0.29, 0.717) is 22.0 Å². The number of aromatic nitrogens is 2. The lowest BCUT2D eigenvalue weighted by atomic mass is 10.1. The zero-order valence-electron chi connectivity index (χ0n) is 12.5. The van der Waals surface area contributed by atoms with E-state index in [1.54, 1.807) is 12.1 Å². The first-order valence-electron chi connectivity index (χ1n) is 6.89. The highest BCUT2D eigenvalue weighted by atomic mass is 32.1. The Balaban J connectivity index is 2.05. The fourth-order valence-electron chi connectivity index (χ4n) is 2.36. The molecule has 0 atom stereocenters. The fraction of sp³-hybridized carbons (Fsp3) is 0.200. The van der Waals surface area contributed by atoms with Gasteiger partial charge in [-0.05, 0) is 18.6 Å². The molecule has 0 spiro atoms. The van der Waals surface area contributed by atoms with Crippen molar-refractivity contribution in [2.24, 2.45) is 0 Å². The minimum atomic E-state index is -0.437. The molecule has 3 rings (SSSR count). The highest BCUT2D eigenvalue weighted by Gasteiger charge is 2.20. The molecule has 7 nitrogen and oxygen atoms in total. The first-order chi connectivity index (χ1) is 11.0. The van der Waals surface area contributed by atoms with Gasteiger partial charge in [0.25, 0.3) is 5.69 Å². The van der Waals surface area contributed by atoms with Crippen LogP contribution in [-0.4, -0.2) is 27.4 Å². The average molecular weight is 331 g/mol. The lowest BCUT2D eigenvalue weighted by Crippen LogP contribution is -2.03. The number of nitrogens with zero attached hydrogens (tertiary/aromatic N) is 3. The van der Waals surface area contributed by atoms with Crippen LogP contribution in [0, 0.1) is 10.1 Å². The molecule has 0 aliphatic heterocycles. The average Bonchev–Trinajstić information content (AvgIpc) is 3.11. The van der Waals surface area contributed by atoms with E-state index < -0.39 is 4.92 Å². The lowest BCUT2D eigenvalue weighted by molar-refractivity contribution is -0.384. The highest BCUT2D eigenvalue weighted by molar-refractivity contribution is 7.19. The van der Waals surface area contributed by atoms with Gasteiger partial charge < -0.3 is 4.74 Å². The van der Waals surface area contributed by atoms with E-state index in [-0.39, 0.29) is 11.7 Å². The van der Waals surface area contributed by atoms with Crippen molar-refractivity contribution in [1.29, 1.82) is 0 Å². The number of carbonyl (C=O) groups is 1. The number of hydrogen-bond donors (Lipinski definition) is 0. The minimum absolute atomic E-state index is 0.0389. The van der Waals surface area contributed by atoms with E-state index in [4.69, 9.17) is 4.74 Å². The fourth-order valence-corrected chi connectivity index (χ4v) is 3.48. The molecular weight excluding hydrogens is 318 g/mol.